The van der Waals surface area contributed by atoms with Gasteiger partial charge in [0, 0.05) is 37.0 Å². The van der Waals surface area contributed by atoms with E-state index in [-0.39, 0.29) is 42.4 Å². The van der Waals surface area contributed by atoms with Crippen LogP contribution < -0.4 is 5.73 Å². The zero-order valence-electron chi connectivity index (χ0n) is 12.9. The SMILES string of the molecule is CC(N)C1CCCCN1C(=O)CCC(=O)c1ccc(F)cc1. The summed E-state index contributed by atoms with van der Waals surface area (Å²) in [4.78, 5) is 26.2. The monoisotopic (exact) mass is 306 g/mol. The van der Waals surface area contributed by atoms with Crippen molar-refractivity contribution in [2.45, 2.75) is 51.1 Å². The quantitative estimate of drug-likeness (QED) is 0.850. The number of amides is 1. The zero-order chi connectivity index (χ0) is 16.1. The number of benzene rings is 1. The van der Waals surface area contributed by atoms with Gasteiger partial charge in [-0.05, 0) is 50.5 Å². The number of ketones is 1. The Morgan fingerprint density at radius 2 is 1.95 bits per heavy atom. The Kier molecular flexibility index (Phi) is 5.66. The van der Waals surface area contributed by atoms with Gasteiger partial charge < -0.3 is 10.6 Å². The van der Waals surface area contributed by atoms with Crippen molar-refractivity contribution in [2.24, 2.45) is 5.73 Å². The van der Waals surface area contributed by atoms with Crippen molar-refractivity contribution in [1.29, 1.82) is 0 Å². The second-order valence-electron chi connectivity index (χ2n) is 5.94. The summed E-state index contributed by atoms with van der Waals surface area (Å²) in [6.45, 7) is 2.63. The van der Waals surface area contributed by atoms with Crippen molar-refractivity contribution >= 4 is 11.7 Å². The van der Waals surface area contributed by atoms with Crippen LogP contribution in [0.3, 0.4) is 0 Å². The Morgan fingerprint density at radius 1 is 1.27 bits per heavy atom. The molecule has 2 unspecified atom stereocenters. The molecule has 0 aliphatic carbocycles. The molecule has 1 saturated heterocycles. The van der Waals surface area contributed by atoms with E-state index in [4.69, 9.17) is 5.73 Å². The number of Topliss-reactive ketones (excluding diaryl/α,β-unsaturated/α-hetero) is 1. The van der Waals surface area contributed by atoms with Crippen molar-refractivity contribution in [3.8, 4) is 0 Å². The summed E-state index contributed by atoms with van der Waals surface area (Å²) in [5.74, 6) is -0.527. The maximum Gasteiger partial charge on any atom is 0.223 e. The molecule has 1 heterocycles. The standard InChI is InChI=1S/C17H23FN2O2/c1-12(19)15-4-2-3-11-20(15)17(22)10-9-16(21)13-5-7-14(18)8-6-13/h5-8,12,15H,2-4,9-11,19H2,1H3. The van der Waals surface area contributed by atoms with Crippen LogP contribution in [0.15, 0.2) is 24.3 Å². The van der Waals surface area contributed by atoms with Crippen LogP contribution in [-0.2, 0) is 4.79 Å². The summed E-state index contributed by atoms with van der Waals surface area (Å²) in [7, 11) is 0. The highest BCUT2D eigenvalue weighted by Crippen LogP contribution is 2.20. The summed E-state index contributed by atoms with van der Waals surface area (Å²) in [5, 5.41) is 0. The fraction of sp³-hybridized carbons (Fsp3) is 0.529. The summed E-state index contributed by atoms with van der Waals surface area (Å²) in [6, 6.07) is 5.43. The van der Waals surface area contributed by atoms with E-state index in [1.807, 2.05) is 11.8 Å². The van der Waals surface area contributed by atoms with Gasteiger partial charge in [-0.15, -0.1) is 0 Å². The lowest BCUT2D eigenvalue weighted by atomic mass is 9.96. The second-order valence-corrected chi connectivity index (χ2v) is 5.94. The molecule has 22 heavy (non-hydrogen) atoms. The van der Waals surface area contributed by atoms with Crippen molar-refractivity contribution in [3.63, 3.8) is 0 Å². The molecule has 1 aromatic carbocycles. The van der Waals surface area contributed by atoms with E-state index >= 15 is 0 Å². The van der Waals surface area contributed by atoms with Gasteiger partial charge in [0.1, 0.15) is 5.82 Å². The number of hydrogen-bond acceptors (Lipinski definition) is 3. The predicted molar refractivity (Wildman–Crippen MR) is 83.0 cm³/mol. The molecule has 0 saturated carbocycles. The normalized spacial score (nSPS) is 19.8. The molecular weight excluding hydrogens is 283 g/mol. The minimum atomic E-state index is -0.374. The number of rotatable bonds is 5. The molecule has 0 aromatic heterocycles. The number of nitrogens with two attached hydrogens (primary N) is 1. The van der Waals surface area contributed by atoms with Crippen LogP contribution in [-0.4, -0.2) is 35.2 Å². The van der Waals surface area contributed by atoms with E-state index in [9.17, 15) is 14.0 Å². The maximum atomic E-state index is 12.8. The van der Waals surface area contributed by atoms with Crippen LogP contribution in [0.2, 0.25) is 0 Å². The van der Waals surface area contributed by atoms with Crippen molar-refractivity contribution < 1.29 is 14.0 Å². The Morgan fingerprint density at radius 3 is 2.59 bits per heavy atom. The first-order valence-corrected chi connectivity index (χ1v) is 7.83. The van der Waals surface area contributed by atoms with E-state index in [1.54, 1.807) is 0 Å². The van der Waals surface area contributed by atoms with Gasteiger partial charge in [-0.1, -0.05) is 0 Å². The van der Waals surface area contributed by atoms with E-state index in [1.165, 1.54) is 24.3 Å². The summed E-state index contributed by atoms with van der Waals surface area (Å²) < 4.78 is 12.8. The van der Waals surface area contributed by atoms with Crippen molar-refractivity contribution in [3.05, 3.63) is 35.6 Å². The number of carbonyl (C=O) groups excluding carboxylic acids is 2. The molecule has 4 nitrogen and oxygen atoms in total. The summed E-state index contributed by atoms with van der Waals surface area (Å²) >= 11 is 0. The zero-order valence-corrected chi connectivity index (χ0v) is 12.9. The largest absolute Gasteiger partial charge is 0.338 e. The molecule has 2 rings (SSSR count). The maximum absolute atomic E-state index is 12.8. The van der Waals surface area contributed by atoms with Crippen molar-refractivity contribution in [2.75, 3.05) is 6.54 Å². The summed E-state index contributed by atoms with van der Waals surface area (Å²) in [6.07, 6.45) is 3.33. The van der Waals surface area contributed by atoms with Gasteiger partial charge in [-0.25, -0.2) is 4.39 Å². The number of piperidine rings is 1. The lowest BCUT2D eigenvalue weighted by Crippen LogP contribution is -2.51. The molecule has 1 aliphatic heterocycles. The first-order valence-electron chi connectivity index (χ1n) is 7.83. The summed E-state index contributed by atoms with van der Waals surface area (Å²) in [5.41, 5.74) is 6.40. The lowest BCUT2D eigenvalue weighted by molar-refractivity contribution is -0.135. The molecule has 0 spiro atoms. The van der Waals surface area contributed by atoms with Crippen LogP contribution in [0.5, 0.6) is 0 Å². The van der Waals surface area contributed by atoms with Gasteiger partial charge in [0.15, 0.2) is 5.78 Å². The molecule has 1 amide bonds. The first kappa shape index (κ1) is 16.6. The number of likely N-dealkylation sites (tertiary alicyclic amines) is 1. The molecule has 120 valence electrons. The Labute approximate surface area is 130 Å². The third kappa shape index (κ3) is 4.13. The van der Waals surface area contributed by atoms with Crippen LogP contribution in [0.4, 0.5) is 4.39 Å². The predicted octanol–water partition coefficient (Wildman–Crippen LogP) is 2.52. The van der Waals surface area contributed by atoms with Crippen LogP contribution in [0.1, 0.15) is 49.4 Å². The molecule has 5 heteroatoms. The Hall–Kier alpha value is -1.75. The minimum Gasteiger partial charge on any atom is -0.338 e. The molecular formula is C17H23FN2O2. The van der Waals surface area contributed by atoms with Gasteiger partial charge >= 0.3 is 0 Å². The molecule has 1 aromatic rings. The third-order valence-electron chi connectivity index (χ3n) is 4.21. The number of nitrogens with zero attached hydrogens (tertiary/aromatic N) is 1. The minimum absolute atomic E-state index is 0.0162. The number of halogens is 1. The molecule has 0 bridgehead atoms. The van der Waals surface area contributed by atoms with Crippen molar-refractivity contribution in [1.82, 2.24) is 4.90 Å². The van der Waals surface area contributed by atoms with Crippen LogP contribution >= 0.6 is 0 Å². The van der Waals surface area contributed by atoms with E-state index in [2.05, 4.69) is 0 Å². The highest BCUT2D eigenvalue weighted by molar-refractivity contribution is 5.97. The van der Waals surface area contributed by atoms with E-state index < -0.39 is 0 Å². The first-order chi connectivity index (χ1) is 10.5. The Bertz CT molecular complexity index is 528. The van der Waals surface area contributed by atoms with Crippen LogP contribution in [0.25, 0.3) is 0 Å². The smallest absolute Gasteiger partial charge is 0.223 e. The fourth-order valence-corrected chi connectivity index (χ4v) is 2.96. The fourth-order valence-electron chi connectivity index (χ4n) is 2.96. The van der Waals surface area contributed by atoms with E-state index in [0.717, 1.165) is 25.8 Å². The van der Waals surface area contributed by atoms with Gasteiger partial charge in [0.05, 0.1) is 0 Å². The van der Waals surface area contributed by atoms with Crippen LogP contribution in [0, 0.1) is 5.82 Å². The van der Waals surface area contributed by atoms with Gasteiger partial charge in [-0.2, -0.15) is 0 Å². The van der Waals surface area contributed by atoms with Gasteiger partial charge in [-0.3, -0.25) is 9.59 Å². The molecule has 2 atom stereocenters. The number of carbonyl (C=O) groups is 2. The molecule has 2 N–H and O–H groups in total. The highest BCUT2D eigenvalue weighted by Gasteiger charge is 2.29. The molecule has 0 radical (unpaired) electrons. The highest BCUT2D eigenvalue weighted by atomic mass is 19.1. The Balaban J connectivity index is 1.91. The average molecular weight is 306 g/mol. The van der Waals surface area contributed by atoms with E-state index in [0.29, 0.717) is 5.56 Å². The topological polar surface area (TPSA) is 63.4 Å². The lowest BCUT2D eigenvalue weighted by Gasteiger charge is -2.38. The molecule has 1 fully saturated rings. The second kappa shape index (κ2) is 7.49. The third-order valence-corrected chi connectivity index (χ3v) is 4.21. The average Bonchev–Trinajstić information content (AvgIpc) is 2.53. The molecule has 1 aliphatic rings. The number of hydrogen-bond donors (Lipinski definition) is 1. The van der Waals surface area contributed by atoms with Gasteiger partial charge in [0.25, 0.3) is 0 Å². The van der Waals surface area contributed by atoms with Gasteiger partial charge in [0.2, 0.25) is 5.91 Å².